The first-order valence-corrected chi connectivity index (χ1v) is 7.49. The molecule has 6 nitrogen and oxygen atoms in total. The zero-order chi connectivity index (χ0) is 16.6. The van der Waals surface area contributed by atoms with E-state index in [9.17, 15) is 9.59 Å². The maximum Gasteiger partial charge on any atom is 0.341 e. The molecular weight excluding hydrogens is 296 g/mol. The monoisotopic (exact) mass is 314 g/mol. The Kier molecular flexibility index (Phi) is 3.82. The summed E-state index contributed by atoms with van der Waals surface area (Å²) in [5.74, 6) is -0.454. The number of nitrogens with zero attached hydrogens (tertiary/aromatic N) is 1. The zero-order valence-electron chi connectivity index (χ0n) is 13.0. The number of aromatic carboxylic acids is 1. The summed E-state index contributed by atoms with van der Waals surface area (Å²) in [5.41, 5.74) is 2.40. The molecule has 0 unspecified atom stereocenters. The van der Waals surface area contributed by atoms with Crippen molar-refractivity contribution in [1.82, 2.24) is 4.98 Å². The van der Waals surface area contributed by atoms with Crippen LogP contribution in [0.5, 0.6) is 5.75 Å². The number of aromatic amines is 1. The van der Waals surface area contributed by atoms with Gasteiger partial charge in [0.25, 0.3) is 5.56 Å². The van der Waals surface area contributed by atoms with Crippen molar-refractivity contribution in [3.8, 4) is 17.0 Å². The number of rotatable bonds is 3. The minimum absolute atomic E-state index is 0.237. The molecule has 0 aliphatic carbocycles. The van der Waals surface area contributed by atoms with Gasteiger partial charge in [0.05, 0.1) is 17.9 Å². The van der Waals surface area contributed by atoms with Crippen LogP contribution >= 0.6 is 0 Å². The third kappa shape index (κ3) is 2.67. The Hall–Kier alpha value is -2.76. The van der Waals surface area contributed by atoms with Crippen LogP contribution in [0.15, 0.2) is 29.1 Å². The number of aryl methyl sites for hydroxylation is 1. The fourth-order valence-corrected chi connectivity index (χ4v) is 2.78. The number of fused-ring (bicyclic) bond motifs is 1. The Labute approximate surface area is 133 Å². The lowest BCUT2D eigenvalue weighted by Gasteiger charge is -2.28. The van der Waals surface area contributed by atoms with Crippen molar-refractivity contribution in [2.24, 2.45) is 0 Å². The molecule has 2 aromatic rings. The van der Waals surface area contributed by atoms with Gasteiger partial charge in [0.15, 0.2) is 0 Å². The molecule has 23 heavy (non-hydrogen) atoms. The Morgan fingerprint density at radius 3 is 2.87 bits per heavy atom. The number of H-pyrrole nitrogens is 1. The van der Waals surface area contributed by atoms with Crippen LogP contribution in [-0.2, 0) is 6.42 Å². The molecule has 0 saturated carbocycles. The summed E-state index contributed by atoms with van der Waals surface area (Å²) in [6.07, 6.45) is 0.615. The normalized spacial score (nSPS) is 13.4. The molecule has 0 saturated heterocycles. The van der Waals surface area contributed by atoms with Gasteiger partial charge in [-0.3, -0.25) is 4.79 Å². The number of aromatic nitrogens is 1. The molecule has 1 aliphatic heterocycles. The molecule has 120 valence electrons. The number of ether oxygens (including phenoxy) is 1. The number of carboxylic acid groups (broad SMARTS) is 1. The second-order valence-electron chi connectivity index (χ2n) is 5.52. The van der Waals surface area contributed by atoms with E-state index in [-0.39, 0.29) is 5.56 Å². The Morgan fingerprint density at radius 1 is 1.39 bits per heavy atom. The Bertz CT molecular complexity index is 826. The number of anilines is 1. The van der Waals surface area contributed by atoms with Crippen molar-refractivity contribution in [2.45, 2.75) is 13.3 Å². The van der Waals surface area contributed by atoms with E-state index < -0.39 is 11.5 Å². The lowest BCUT2D eigenvalue weighted by atomic mass is 10.0. The predicted octanol–water partition coefficient (Wildman–Crippen LogP) is 2.13. The second kappa shape index (κ2) is 5.79. The topological polar surface area (TPSA) is 82.6 Å². The van der Waals surface area contributed by atoms with Crippen LogP contribution in [0.1, 0.15) is 22.8 Å². The lowest BCUT2D eigenvalue weighted by molar-refractivity contribution is 0.0695. The average molecular weight is 314 g/mol. The molecule has 0 radical (unpaired) electrons. The smallest absolute Gasteiger partial charge is 0.341 e. The predicted molar refractivity (Wildman–Crippen MR) is 87.6 cm³/mol. The number of benzene rings is 1. The first-order valence-electron chi connectivity index (χ1n) is 7.49. The van der Waals surface area contributed by atoms with Gasteiger partial charge >= 0.3 is 5.97 Å². The van der Waals surface area contributed by atoms with Gasteiger partial charge in [0.2, 0.25) is 0 Å². The van der Waals surface area contributed by atoms with Crippen molar-refractivity contribution in [3.63, 3.8) is 0 Å². The van der Waals surface area contributed by atoms with E-state index in [0.29, 0.717) is 18.7 Å². The lowest BCUT2D eigenvalue weighted by Crippen LogP contribution is -2.28. The molecule has 0 bridgehead atoms. The molecular formula is C17H18N2O4. The van der Waals surface area contributed by atoms with Crippen LogP contribution in [0.25, 0.3) is 11.3 Å². The van der Waals surface area contributed by atoms with Gasteiger partial charge in [-0.05, 0) is 30.2 Å². The van der Waals surface area contributed by atoms with Crippen LogP contribution in [0, 0.1) is 0 Å². The highest BCUT2D eigenvalue weighted by atomic mass is 16.5. The van der Waals surface area contributed by atoms with Crippen LogP contribution in [0.2, 0.25) is 0 Å². The van der Waals surface area contributed by atoms with Crippen molar-refractivity contribution in [3.05, 3.63) is 45.7 Å². The van der Waals surface area contributed by atoms with Crippen molar-refractivity contribution >= 4 is 11.7 Å². The molecule has 6 heteroatoms. The number of carbonyl (C=O) groups is 1. The summed E-state index contributed by atoms with van der Waals surface area (Å²) in [7, 11) is 2.00. The quantitative estimate of drug-likeness (QED) is 0.907. The Morgan fingerprint density at radius 2 is 2.17 bits per heavy atom. The van der Waals surface area contributed by atoms with E-state index in [1.54, 1.807) is 0 Å². The Balaban J connectivity index is 2.13. The van der Waals surface area contributed by atoms with Crippen molar-refractivity contribution in [2.75, 3.05) is 25.1 Å². The van der Waals surface area contributed by atoms with Gasteiger partial charge in [-0.15, -0.1) is 0 Å². The summed E-state index contributed by atoms with van der Waals surface area (Å²) in [6, 6.07) is 7.19. The SMILES string of the molecule is CCc1cc(C(=O)O)c(=O)[nH]c1-c1ccc2c(c1)OCCN2C. The highest BCUT2D eigenvalue weighted by Crippen LogP contribution is 2.35. The third-order valence-electron chi connectivity index (χ3n) is 4.08. The van der Waals surface area contributed by atoms with Crippen LogP contribution < -0.4 is 15.2 Å². The molecule has 0 atom stereocenters. The van der Waals surface area contributed by atoms with E-state index >= 15 is 0 Å². The molecule has 0 spiro atoms. The largest absolute Gasteiger partial charge is 0.490 e. The van der Waals surface area contributed by atoms with E-state index in [1.807, 2.05) is 32.2 Å². The summed E-state index contributed by atoms with van der Waals surface area (Å²) < 4.78 is 5.69. The summed E-state index contributed by atoms with van der Waals surface area (Å²) >= 11 is 0. The standard InChI is InChI=1S/C17H18N2O4/c1-3-10-8-12(17(21)22)16(20)18-15(10)11-4-5-13-14(9-11)23-7-6-19(13)2/h4-5,8-9H,3,6-7H2,1-2H3,(H,18,20)(H,21,22). The molecule has 2 N–H and O–H groups in total. The molecule has 1 aliphatic rings. The van der Waals surface area contributed by atoms with E-state index in [1.165, 1.54) is 6.07 Å². The van der Waals surface area contributed by atoms with E-state index in [0.717, 1.165) is 29.1 Å². The second-order valence-corrected chi connectivity index (χ2v) is 5.52. The summed E-state index contributed by atoms with van der Waals surface area (Å²) in [5, 5.41) is 9.09. The fourth-order valence-electron chi connectivity index (χ4n) is 2.78. The highest BCUT2D eigenvalue weighted by Gasteiger charge is 2.18. The minimum Gasteiger partial charge on any atom is -0.490 e. The minimum atomic E-state index is -1.22. The fraction of sp³-hybridized carbons (Fsp3) is 0.294. The number of carboxylic acids is 1. The average Bonchev–Trinajstić information content (AvgIpc) is 2.54. The molecule has 1 aromatic heterocycles. The van der Waals surface area contributed by atoms with Gasteiger partial charge < -0.3 is 19.7 Å². The van der Waals surface area contributed by atoms with Crippen molar-refractivity contribution in [1.29, 1.82) is 0 Å². The van der Waals surface area contributed by atoms with Gasteiger partial charge in [-0.1, -0.05) is 13.0 Å². The zero-order valence-corrected chi connectivity index (χ0v) is 13.0. The molecule has 3 rings (SSSR count). The molecule has 0 amide bonds. The number of hydrogen-bond acceptors (Lipinski definition) is 4. The molecule has 1 aromatic carbocycles. The van der Waals surface area contributed by atoms with Gasteiger partial charge in [-0.25, -0.2) is 4.79 Å². The highest BCUT2D eigenvalue weighted by molar-refractivity contribution is 5.88. The first kappa shape index (κ1) is 15.1. The van der Waals surface area contributed by atoms with E-state index in [4.69, 9.17) is 9.84 Å². The van der Waals surface area contributed by atoms with Crippen LogP contribution in [0.4, 0.5) is 5.69 Å². The molecule has 2 heterocycles. The van der Waals surface area contributed by atoms with Gasteiger partial charge in [0.1, 0.15) is 17.9 Å². The maximum atomic E-state index is 12.0. The number of hydrogen-bond donors (Lipinski definition) is 2. The van der Waals surface area contributed by atoms with Crippen LogP contribution in [0.3, 0.4) is 0 Å². The number of pyridine rings is 1. The number of likely N-dealkylation sites (N-methyl/N-ethyl adjacent to an activating group) is 1. The summed E-state index contributed by atoms with van der Waals surface area (Å²) in [4.78, 5) is 27.9. The maximum absolute atomic E-state index is 12.0. The van der Waals surface area contributed by atoms with Crippen molar-refractivity contribution < 1.29 is 14.6 Å². The van der Waals surface area contributed by atoms with E-state index in [2.05, 4.69) is 9.88 Å². The molecule has 0 fully saturated rings. The van der Waals surface area contributed by atoms with Gasteiger partial charge in [0, 0.05) is 12.6 Å². The number of nitrogens with one attached hydrogen (secondary N) is 1. The van der Waals surface area contributed by atoms with Gasteiger partial charge in [-0.2, -0.15) is 0 Å². The van der Waals surface area contributed by atoms with Crippen LogP contribution in [-0.4, -0.2) is 36.3 Å². The third-order valence-corrected chi connectivity index (χ3v) is 4.08. The first-order chi connectivity index (χ1) is 11.0. The summed E-state index contributed by atoms with van der Waals surface area (Å²) in [6.45, 7) is 3.37.